The summed E-state index contributed by atoms with van der Waals surface area (Å²) in [7, 11) is 0. The lowest BCUT2D eigenvalue weighted by molar-refractivity contribution is -0.120. The Hall–Kier alpha value is -3.25. The number of para-hydroxylation sites is 1. The quantitative estimate of drug-likeness (QED) is 0.614. The largest absolute Gasteiger partial charge is 0.362 e. The summed E-state index contributed by atoms with van der Waals surface area (Å²) in [6, 6.07) is 17.7. The summed E-state index contributed by atoms with van der Waals surface area (Å²) in [5, 5.41) is 1.87. The Kier molecular flexibility index (Phi) is 4.28. The number of amides is 2. The van der Waals surface area contributed by atoms with Gasteiger partial charge < -0.3 is 4.90 Å². The second kappa shape index (κ2) is 6.97. The topological polar surface area (TPSA) is 40.6 Å². The number of nitrogens with zero attached hydrogens (tertiary/aromatic N) is 2. The van der Waals surface area contributed by atoms with Crippen LogP contribution in [0.1, 0.15) is 16.0 Å². The smallest absolute Gasteiger partial charge is 0.282 e. The Bertz CT molecular complexity index is 1150. The van der Waals surface area contributed by atoms with Crippen molar-refractivity contribution in [3.63, 3.8) is 0 Å². The van der Waals surface area contributed by atoms with E-state index in [1.165, 1.54) is 29.0 Å². The summed E-state index contributed by atoms with van der Waals surface area (Å²) in [5.74, 6) is -1.54. The van der Waals surface area contributed by atoms with E-state index in [1.54, 1.807) is 12.1 Å². The maximum atomic E-state index is 14.4. The van der Waals surface area contributed by atoms with Crippen LogP contribution in [0.4, 0.5) is 10.1 Å². The number of hydrogen-bond donors (Lipinski definition) is 0. The first kappa shape index (κ1) is 17.8. The van der Waals surface area contributed by atoms with Crippen LogP contribution in [0.15, 0.2) is 71.7 Å². The van der Waals surface area contributed by atoms with Gasteiger partial charge in [0.1, 0.15) is 11.5 Å². The first-order valence-corrected chi connectivity index (χ1v) is 10.3. The standard InChI is InChI=1S/C23H17FN2O2S/c24-17-8-3-4-9-18(17)26-22(27)20(19-10-5-13-29-19)21(23(26)28)25-12-11-15-6-1-2-7-16(15)14-25/h1-10,13H,11-12,14H2. The van der Waals surface area contributed by atoms with E-state index in [0.717, 1.165) is 21.8 Å². The molecule has 2 aliphatic heterocycles. The zero-order valence-corrected chi connectivity index (χ0v) is 16.3. The van der Waals surface area contributed by atoms with Gasteiger partial charge in [-0.05, 0) is 41.1 Å². The van der Waals surface area contributed by atoms with Gasteiger partial charge in [0.05, 0.1) is 11.3 Å². The lowest BCUT2D eigenvalue weighted by atomic mass is 9.99. The zero-order valence-electron chi connectivity index (χ0n) is 15.5. The first-order chi connectivity index (χ1) is 14.1. The average molecular weight is 404 g/mol. The van der Waals surface area contributed by atoms with E-state index in [4.69, 9.17) is 0 Å². The van der Waals surface area contributed by atoms with Crippen LogP contribution in [0.5, 0.6) is 0 Å². The molecule has 0 bridgehead atoms. The number of fused-ring (bicyclic) bond motifs is 1. The molecule has 0 spiro atoms. The molecule has 1 aromatic heterocycles. The molecular formula is C23H17FN2O2S. The summed E-state index contributed by atoms with van der Waals surface area (Å²) < 4.78 is 14.4. The number of hydrogen-bond acceptors (Lipinski definition) is 4. The molecule has 6 heteroatoms. The highest BCUT2D eigenvalue weighted by Crippen LogP contribution is 2.38. The van der Waals surface area contributed by atoms with Crippen LogP contribution in [0.2, 0.25) is 0 Å². The number of benzene rings is 2. The lowest BCUT2D eigenvalue weighted by Crippen LogP contribution is -2.37. The fraction of sp³-hybridized carbons (Fsp3) is 0.130. The number of carbonyl (C=O) groups is 2. The summed E-state index contributed by atoms with van der Waals surface area (Å²) in [6.45, 7) is 1.18. The summed E-state index contributed by atoms with van der Waals surface area (Å²) >= 11 is 1.40. The van der Waals surface area contributed by atoms with Gasteiger partial charge in [0.15, 0.2) is 0 Å². The van der Waals surface area contributed by atoms with E-state index in [-0.39, 0.29) is 5.69 Å². The maximum Gasteiger partial charge on any atom is 0.282 e. The molecular weight excluding hydrogens is 387 g/mol. The molecule has 0 aliphatic carbocycles. The molecule has 0 radical (unpaired) electrons. The molecule has 0 saturated carbocycles. The fourth-order valence-electron chi connectivity index (χ4n) is 3.99. The SMILES string of the molecule is O=C1C(c2cccs2)=C(N2CCc3ccccc3C2)C(=O)N1c1ccccc1F. The van der Waals surface area contributed by atoms with E-state index < -0.39 is 17.6 Å². The molecule has 0 fully saturated rings. The van der Waals surface area contributed by atoms with Crippen LogP contribution in [0.25, 0.3) is 5.57 Å². The van der Waals surface area contributed by atoms with Gasteiger partial charge in [-0.15, -0.1) is 11.3 Å². The molecule has 2 aliphatic rings. The van der Waals surface area contributed by atoms with Crippen LogP contribution in [0, 0.1) is 5.82 Å². The van der Waals surface area contributed by atoms with Crippen LogP contribution in [0.3, 0.4) is 0 Å². The van der Waals surface area contributed by atoms with Gasteiger partial charge in [0.2, 0.25) is 0 Å². The minimum absolute atomic E-state index is 0.0102. The van der Waals surface area contributed by atoms with Gasteiger partial charge >= 0.3 is 0 Å². The number of anilines is 1. The maximum absolute atomic E-state index is 14.4. The molecule has 5 rings (SSSR count). The summed E-state index contributed by atoms with van der Waals surface area (Å²) in [5.41, 5.74) is 3.10. The van der Waals surface area contributed by atoms with Crippen LogP contribution >= 0.6 is 11.3 Å². The summed E-state index contributed by atoms with van der Waals surface area (Å²) in [4.78, 5) is 30.4. The van der Waals surface area contributed by atoms with Crippen molar-refractivity contribution in [2.45, 2.75) is 13.0 Å². The number of rotatable bonds is 3. The molecule has 4 nitrogen and oxygen atoms in total. The zero-order chi connectivity index (χ0) is 20.0. The minimum Gasteiger partial charge on any atom is -0.362 e. The van der Waals surface area contributed by atoms with E-state index in [2.05, 4.69) is 6.07 Å². The molecule has 0 atom stereocenters. The van der Waals surface area contributed by atoms with E-state index in [0.29, 0.717) is 24.4 Å². The minimum atomic E-state index is -0.593. The molecule has 3 aromatic rings. The highest BCUT2D eigenvalue weighted by Gasteiger charge is 2.44. The first-order valence-electron chi connectivity index (χ1n) is 9.38. The van der Waals surface area contributed by atoms with Gasteiger partial charge in [0.25, 0.3) is 11.8 Å². The molecule has 29 heavy (non-hydrogen) atoms. The monoisotopic (exact) mass is 404 g/mol. The lowest BCUT2D eigenvalue weighted by Gasteiger charge is -2.31. The van der Waals surface area contributed by atoms with Crippen molar-refractivity contribution in [2.75, 3.05) is 11.4 Å². The van der Waals surface area contributed by atoms with Crippen molar-refractivity contribution < 1.29 is 14.0 Å². The molecule has 0 unspecified atom stereocenters. The van der Waals surface area contributed by atoms with E-state index in [1.807, 2.05) is 40.6 Å². The molecule has 144 valence electrons. The fourth-order valence-corrected chi connectivity index (χ4v) is 4.76. The van der Waals surface area contributed by atoms with Gasteiger partial charge in [-0.25, -0.2) is 9.29 Å². The predicted molar refractivity (Wildman–Crippen MR) is 111 cm³/mol. The third-order valence-corrected chi connectivity index (χ3v) is 6.25. The highest BCUT2D eigenvalue weighted by atomic mass is 32.1. The Morgan fingerprint density at radius 2 is 1.62 bits per heavy atom. The number of halogens is 1. The number of thiophene rings is 1. The van der Waals surface area contributed by atoms with Gasteiger partial charge in [-0.1, -0.05) is 42.5 Å². The van der Waals surface area contributed by atoms with Crippen molar-refractivity contribution >= 4 is 34.4 Å². The second-order valence-corrected chi connectivity index (χ2v) is 7.99. The third-order valence-electron chi connectivity index (χ3n) is 5.37. The highest BCUT2D eigenvalue weighted by molar-refractivity contribution is 7.11. The van der Waals surface area contributed by atoms with Crippen LogP contribution in [-0.4, -0.2) is 23.3 Å². The molecule has 0 N–H and O–H groups in total. The van der Waals surface area contributed by atoms with Gasteiger partial charge in [-0.2, -0.15) is 0 Å². The summed E-state index contributed by atoms with van der Waals surface area (Å²) in [6.07, 6.45) is 0.790. The molecule has 3 heterocycles. The van der Waals surface area contributed by atoms with E-state index >= 15 is 0 Å². The van der Waals surface area contributed by atoms with Gasteiger partial charge in [0, 0.05) is 18.0 Å². The van der Waals surface area contributed by atoms with Crippen LogP contribution < -0.4 is 4.90 Å². The van der Waals surface area contributed by atoms with Crippen molar-refractivity contribution in [3.8, 4) is 0 Å². The second-order valence-electron chi connectivity index (χ2n) is 7.04. The third kappa shape index (κ3) is 2.87. The normalized spacial score (nSPS) is 16.6. The predicted octanol–water partition coefficient (Wildman–Crippen LogP) is 4.23. The Morgan fingerprint density at radius 3 is 2.38 bits per heavy atom. The van der Waals surface area contributed by atoms with Crippen LogP contribution in [-0.2, 0) is 22.6 Å². The molecule has 0 saturated heterocycles. The van der Waals surface area contributed by atoms with E-state index in [9.17, 15) is 14.0 Å². The number of carbonyl (C=O) groups excluding carboxylic acids is 2. The van der Waals surface area contributed by atoms with Crippen molar-refractivity contribution in [3.05, 3.63) is 93.6 Å². The van der Waals surface area contributed by atoms with Crippen molar-refractivity contribution in [2.24, 2.45) is 0 Å². The Balaban J connectivity index is 1.62. The average Bonchev–Trinajstić information content (AvgIpc) is 3.35. The number of imide groups is 1. The van der Waals surface area contributed by atoms with Gasteiger partial charge in [-0.3, -0.25) is 9.59 Å². The Labute approximate surface area is 171 Å². The van der Waals surface area contributed by atoms with Crippen molar-refractivity contribution in [1.29, 1.82) is 0 Å². The Morgan fingerprint density at radius 1 is 0.862 bits per heavy atom. The molecule has 2 aromatic carbocycles. The molecule has 2 amide bonds. The van der Waals surface area contributed by atoms with Crippen molar-refractivity contribution in [1.82, 2.24) is 4.90 Å².